The quantitative estimate of drug-likeness (QED) is 0.783. The Morgan fingerprint density at radius 3 is 1.08 bits per heavy atom. The van der Waals surface area contributed by atoms with E-state index in [-0.39, 0.29) is 22.3 Å². The fourth-order valence-corrected chi connectivity index (χ4v) is 2.61. The van der Waals surface area contributed by atoms with E-state index in [0.29, 0.717) is 36.3 Å². The first kappa shape index (κ1) is 18.1. The van der Waals surface area contributed by atoms with Crippen molar-refractivity contribution < 1.29 is 29.4 Å². The van der Waals surface area contributed by atoms with Crippen molar-refractivity contribution in [1.29, 1.82) is 0 Å². The second-order valence-corrected chi connectivity index (χ2v) is 6.10. The summed E-state index contributed by atoms with van der Waals surface area (Å²) >= 11 is 0. The number of phenols is 2. The van der Waals surface area contributed by atoms with Gasteiger partial charge in [-0.3, -0.25) is 19.2 Å². The first-order valence-electron chi connectivity index (χ1n) is 7.35. The van der Waals surface area contributed by atoms with Gasteiger partial charge in [0.05, 0.1) is 22.3 Å². The van der Waals surface area contributed by atoms with E-state index in [0.717, 1.165) is 0 Å². The third-order valence-electron chi connectivity index (χ3n) is 4.29. The van der Waals surface area contributed by atoms with Crippen molar-refractivity contribution >= 4 is 25.1 Å². The maximum absolute atomic E-state index is 11.2. The number of aromatic hydroxyl groups is 2. The zero-order valence-corrected chi connectivity index (χ0v) is 13.6. The lowest BCUT2D eigenvalue weighted by Gasteiger charge is -2.28. The summed E-state index contributed by atoms with van der Waals surface area (Å²) in [5.74, 6) is -0.810. The van der Waals surface area contributed by atoms with Gasteiger partial charge in [-0.15, -0.1) is 0 Å². The smallest absolute Gasteiger partial charge is 0.153 e. The lowest BCUT2D eigenvalue weighted by atomic mass is 9.76. The van der Waals surface area contributed by atoms with Crippen LogP contribution in [0.15, 0.2) is 24.3 Å². The first-order chi connectivity index (χ1) is 11.8. The molecule has 25 heavy (non-hydrogen) atoms. The molecule has 0 amide bonds. The van der Waals surface area contributed by atoms with Crippen LogP contribution >= 0.6 is 0 Å². The Kier molecular flexibility index (Phi) is 4.83. The van der Waals surface area contributed by atoms with Gasteiger partial charge in [-0.05, 0) is 35.4 Å². The molecule has 0 saturated heterocycles. The second-order valence-electron chi connectivity index (χ2n) is 6.10. The predicted octanol–water partition coefficient (Wildman–Crippen LogP) is 2.67. The molecule has 0 aromatic heterocycles. The van der Waals surface area contributed by atoms with Crippen LogP contribution in [0.5, 0.6) is 11.5 Å². The molecular formula is C19H16O6. The lowest BCUT2D eigenvalue weighted by Crippen LogP contribution is -2.20. The van der Waals surface area contributed by atoms with Gasteiger partial charge >= 0.3 is 0 Å². The average Bonchev–Trinajstić information content (AvgIpc) is 2.61. The van der Waals surface area contributed by atoms with E-state index in [2.05, 4.69) is 0 Å². The standard InChI is InChI=1S/C19H16O6/c1-19(2,15-3-11(7-20)17(24)12(4-15)8-21)16-5-13(9-22)18(25)14(6-16)10-23/h3-10,24-25H,1-2H3. The molecule has 0 aliphatic rings. The average molecular weight is 340 g/mol. The van der Waals surface area contributed by atoms with Gasteiger partial charge in [0, 0.05) is 5.41 Å². The molecule has 0 fully saturated rings. The molecule has 2 N–H and O–H groups in total. The van der Waals surface area contributed by atoms with Crippen molar-refractivity contribution in [2.24, 2.45) is 0 Å². The second kappa shape index (κ2) is 6.68. The van der Waals surface area contributed by atoms with Crippen LogP contribution < -0.4 is 0 Å². The normalized spacial score (nSPS) is 11.0. The minimum absolute atomic E-state index is 0.0438. The molecular weight excluding hydrogens is 324 g/mol. The van der Waals surface area contributed by atoms with E-state index < -0.39 is 16.9 Å². The summed E-state index contributed by atoms with van der Waals surface area (Å²) in [5.41, 5.74) is 0.0420. The number of carbonyl (C=O) groups is 4. The first-order valence-corrected chi connectivity index (χ1v) is 7.35. The molecule has 2 aromatic rings. The van der Waals surface area contributed by atoms with E-state index in [1.807, 2.05) is 0 Å². The summed E-state index contributed by atoms with van der Waals surface area (Å²) in [7, 11) is 0. The number of hydrogen-bond acceptors (Lipinski definition) is 6. The van der Waals surface area contributed by atoms with Crippen LogP contribution in [0.1, 0.15) is 66.4 Å². The molecule has 2 aromatic carbocycles. The van der Waals surface area contributed by atoms with Crippen LogP contribution in [0.25, 0.3) is 0 Å². The lowest BCUT2D eigenvalue weighted by molar-refractivity contribution is 0.110. The largest absolute Gasteiger partial charge is 0.506 e. The van der Waals surface area contributed by atoms with Crippen LogP contribution in [-0.4, -0.2) is 35.4 Å². The van der Waals surface area contributed by atoms with Gasteiger partial charge in [0.25, 0.3) is 0 Å². The highest BCUT2D eigenvalue weighted by Gasteiger charge is 2.27. The maximum atomic E-state index is 11.2. The topological polar surface area (TPSA) is 109 Å². The Hall–Kier alpha value is -3.28. The molecule has 0 aliphatic heterocycles. The zero-order valence-electron chi connectivity index (χ0n) is 13.6. The number of aldehydes is 4. The molecule has 0 heterocycles. The van der Waals surface area contributed by atoms with Crippen molar-refractivity contribution in [3.8, 4) is 11.5 Å². The van der Waals surface area contributed by atoms with Gasteiger partial charge in [0.1, 0.15) is 11.5 Å². The summed E-state index contributed by atoms with van der Waals surface area (Å²) in [6.07, 6.45) is 1.75. The molecule has 0 unspecified atom stereocenters. The molecule has 128 valence electrons. The molecule has 0 spiro atoms. The number of benzene rings is 2. The fourth-order valence-electron chi connectivity index (χ4n) is 2.61. The third kappa shape index (κ3) is 3.06. The molecule has 6 heteroatoms. The predicted molar refractivity (Wildman–Crippen MR) is 89.9 cm³/mol. The highest BCUT2D eigenvalue weighted by atomic mass is 16.3. The van der Waals surface area contributed by atoms with Gasteiger partial charge in [0.2, 0.25) is 0 Å². The highest BCUT2D eigenvalue weighted by Crippen LogP contribution is 2.37. The van der Waals surface area contributed by atoms with Crippen molar-refractivity contribution in [2.75, 3.05) is 0 Å². The van der Waals surface area contributed by atoms with E-state index in [1.165, 1.54) is 24.3 Å². The number of rotatable bonds is 6. The molecule has 0 saturated carbocycles. The molecule has 0 radical (unpaired) electrons. The zero-order chi connectivity index (χ0) is 18.8. The van der Waals surface area contributed by atoms with Gasteiger partial charge in [-0.1, -0.05) is 13.8 Å². The molecule has 2 rings (SSSR count). The minimum Gasteiger partial charge on any atom is -0.506 e. The summed E-state index contributed by atoms with van der Waals surface area (Å²) in [6.45, 7) is 3.52. The van der Waals surface area contributed by atoms with Crippen LogP contribution in [0.4, 0.5) is 0 Å². The van der Waals surface area contributed by atoms with Crippen LogP contribution in [0.3, 0.4) is 0 Å². The van der Waals surface area contributed by atoms with Crippen molar-refractivity contribution in [3.05, 3.63) is 57.6 Å². The highest BCUT2D eigenvalue weighted by molar-refractivity contribution is 5.90. The van der Waals surface area contributed by atoms with E-state index in [1.54, 1.807) is 13.8 Å². The Labute approximate surface area is 143 Å². The van der Waals surface area contributed by atoms with Crippen LogP contribution in [0, 0.1) is 0 Å². The van der Waals surface area contributed by atoms with Crippen molar-refractivity contribution in [3.63, 3.8) is 0 Å². The molecule has 0 aliphatic carbocycles. The summed E-state index contributed by atoms with van der Waals surface area (Å²) < 4.78 is 0. The Bertz CT molecular complexity index is 750. The van der Waals surface area contributed by atoms with E-state index in [4.69, 9.17) is 0 Å². The van der Waals surface area contributed by atoms with Crippen LogP contribution in [-0.2, 0) is 5.41 Å². The Morgan fingerprint density at radius 2 is 0.880 bits per heavy atom. The SMILES string of the molecule is CC(C)(c1cc(C=O)c(O)c(C=O)c1)c1cc(C=O)c(O)c(C=O)c1. The fraction of sp³-hybridized carbons (Fsp3) is 0.158. The monoisotopic (exact) mass is 340 g/mol. The number of carbonyl (C=O) groups excluding carboxylic acids is 4. The maximum Gasteiger partial charge on any atom is 0.153 e. The molecule has 6 nitrogen and oxygen atoms in total. The van der Waals surface area contributed by atoms with Gasteiger partial charge in [-0.2, -0.15) is 0 Å². The molecule has 0 atom stereocenters. The van der Waals surface area contributed by atoms with E-state index >= 15 is 0 Å². The van der Waals surface area contributed by atoms with Crippen molar-refractivity contribution in [2.45, 2.75) is 19.3 Å². The van der Waals surface area contributed by atoms with Crippen LogP contribution in [0.2, 0.25) is 0 Å². The molecule has 0 bridgehead atoms. The summed E-state index contributed by atoms with van der Waals surface area (Å²) in [5, 5.41) is 19.7. The van der Waals surface area contributed by atoms with Gasteiger partial charge in [0.15, 0.2) is 25.1 Å². The number of phenolic OH excluding ortho intramolecular Hbond substituents is 2. The Morgan fingerprint density at radius 1 is 0.640 bits per heavy atom. The van der Waals surface area contributed by atoms with Crippen molar-refractivity contribution in [1.82, 2.24) is 0 Å². The van der Waals surface area contributed by atoms with E-state index in [9.17, 15) is 29.4 Å². The van der Waals surface area contributed by atoms with Gasteiger partial charge in [-0.25, -0.2) is 0 Å². The summed E-state index contributed by atoms with van der Waals surface area (Å²) in [6, 6.07) is 5.74. The summed E-state index contributed by atoms with van der Waals surface area (Å²) in [4.78, 5) is 44.6. The minimum atomic E-state index is -0.827. The van der Waals surface area contributed by atoms with Gasteiger partial charge < -0.3 is 10.2 Å². The number of hydrogen-bond donors (Lipinski definition) is 2. The third-order valence-corrected chi connectivity index (χ3v) is 4.29. The Balaban J connectivity index is 2.74.